The monoisotopic (exact) mass is 285 g/mol. The predicted molar refractivity (Wildman–Crippen MR) is 72.4 cm³/mol. The molecule has 1 aliphatic rings. The number of thiophene rings is 1. The highest BCUT2D eigenvalue weighted by atomic mass is 32.2. The highest BCUT2D eigenvalue weighted by Crippen LogP contribution is 2.25. The number of thioether (sulfide) groups is 1. The quantitative estimate of drug-likeness (QED) is 0.864. The smallest absolute Gasteiger partial charge is 0.345 e. The fraction of sp³-hybridized carbons (Fsp3) is 0.500. The van der Waals surface area contributed by atoms with E-state index in [1.165, 1.54) is 29.5 Å². The average Bonchev–Trinajstić information content (AvgIpc) is 2.86. The molecule has 1 amide bonds. The van der Waals surface area contributed by atoms with Crippen molar-refractivity contribution in [3.8, 4) is 0 Å². The number of rotatable bonds is 4. The van der Waals surface area contributed by atoms with E-state index in [4.69, 9.17) is 5.11 Å². The van der Waals surface area contributed by atoms with Crippen molar-refractivity contribution in [3.05, 3.63) is 16.3 Å². The third kappa shape index (κ3) is 3.49. The van der Waals surface area contributed by atoms with Gasteiger partial charge in [-0.1, -0.05) is 0 Å². The van der Waals surface area contributed by atoms with Crippen LogP contribution in [0.15, 0.2) is 16.3 Å². The summed E-state index contributed by atoms with van der Waals surface area (Å²) in [6.07, 6.45) is 3.40. The zero-order valence-corrected chi connectivity index (χ0v) is 11.6. The third-order valence-corrected chi connectivity index (χ3v) is 4.88. The molecule has 1 aromatic heterocycles. The van der Waals surface area contributed by atoms with Gasteiger partial charge in [-0.25, -0.2) is 4.79 Å². The van der Waals surface area contributed by atoms with Gasteiger partial charge in [0.1, 0.15) is 4.88 Å². The summed E-state index contributed by atoms with van der Waals surface area (Å²) < 4.78 is 0. The summed E-state index contributed by atoms with van der Waals surface area (Å²) in [5.41, 5.74) is 0. The first kappa shape index (κ1) is 13.4. The second-order valence-corrected chi connectivity index (χ2v) is 6.14. The molecule has 6 heteroatoms. The van der Waals surface area contributed by atoms with Crippen LogP contribution in [0.4, 0.5) is 0 Å². The summed E-state index contributed by atoms with van der Waals surface area (Å²) in [5, 5.41) is 10.6. The SMILES string of the molecule is O=C(O)c1cc(SCC(=O)N2CCCCC2)cs1. The lowest BCUT2D eigenvalue weighted by Crippen LogP contribution is -2.36. The highest BCUT2D eigenvalue weighted by Gasteiger charge is 2.17. The fourth-order valence-corrected chi connectivity index (χ4v) is 3.66. The number of carboxylic acids is 1. The molecule has 1 aliphatic heterocycles. The van der Waals surface area contributed by atoms with Crippen molar-refractivity contribution in [2.75, 3.05) is 18.8 Å². The largest absolute Gasteiger partial charge is 0.477 e. The summed E-state index contributed by atoms with van der Waals surface area (Å²) in [5.74, 6) is -0.354. The maximum atomic E-state index is 11.9. The Labute approximate surface area is 114 Å². The van der Waals surface area contributed by atoms with E-state index in [0.717, 1.165) is 30.8 Å². The lowest BCUT2D eigenvalue weighted by molar-refractivity contribution is -0.129. The van der Waals surface area contributed by atoms with Crippen LogP contribution in [0, 0.1) is 0 Å². The Morgan fingerprint density at radius 3 is 2.67 bits per heavy atom. The first-order valence-electron chi connectivity index (χ1n) is 5.89. The topological polar surface area (TPSA) is 57.6 Å². The van der Waals surface area contributed by atoms with E-state index in [-0.39, 0.29) is 5.91 Å². The number of carboxylic acid groups (broad SMARTS) is 1. The molecule has 0 aromatic carbocycles. The maximum absolute atomic E-state index is 11.9. The van der Waals surface area contributed by atoms with Crippen LogP contribution in [0.2, 0.25) is 0 Å². The van der Waals surface area contributed by atoms with Gasteiger partial charge in [0.25, 0.3) is 0 Å². The minimum absolute atomic E-state index is 0.155. The molecule has 1 N–H and O–H groups in total. The molecule has 0 spiro atoms. The van der Waals surface area contributed by atoms with Crippen molar-refractivity contribution >= 4 is 35.0 Å². The third-order valence-electron chi connectivity index (χ3n) is 2.86. The van der Waals surface area contributed by atoms with Crippen molar-refractivity contribution in [2.24, 2.45) is 0 Å². The molecule has 0 aliphatic carbocycles. The summed E-state index contributed by atoms with van der Waals surface area (Å²) in [4.78, 5) is 25.7. The van der Waals surface area contributed by atoms with E-state index < -0.39 is 5.97 Å². The Kier molecular flexibility index (Phi) is 4.66. The van der Waals surface area contributed by atoms with Gasteiger partial charge in [-0.2, -0.15) is 0 Å². The molecule has 18 heavy (non-hydrogen) atoms. The number of nitrogens with zero attached hydrogens (tertiary/aromatic N) is 1. The summed E-state index contributed by atoms with van der Waals surface area (Å²) in [6, 6.07) is 1.63. The second kappa shape index (κ2) is 6.24. The van der Waals surface area contributed by atoms with Gasteiger partial charge in [0.15, 0.2) is 0 Å². The number of amides is 1. The Hall–Kier alpha value is -1.01. The van der Waals surface area contributed by atoms with Crippen LogP contribution in [0.3, 0.4) is 0 Å². The van der Waals surface area contributed by atoms with Gasteiger partial charge in [-0.05, 0) is 25.3 Å². The van der Waals surface area contributed by atoms with Gasteiger partial charge >= 0.3 is 5.97 Å². The van der Waals surface area contributed by atoms with E-state index in [1.807, 2.05) is 4.90 Å². The Morgan fingerprint density at radius 2 is 2.06 bits per heavy atom. The molecule has 0 atom stereocenters. The number of hydrogen-bond donors (Lipinski definition) is 1. The van der Waals surface area contributed by atoms with Gasteiger partial charge in [-0.15, -0.1) is 23.1 Å². The van der Waals surface area contributed by atoms with E-state index in [0.29, 0.717) is 10.6 Å². The number of piperidine rings is 1. The Bertz CT molecular complexity index is 438. The molecule has 98 valence electrons. The van der Waals surface area contributed by atoms with Crippen molar-refractivity contribution < 1.29 is 14.7 Å². The lowest BCUT2D eigenvalue weighted by atomic mass is 10.1. The Balaban J connectivity index is 1.82. The van der Waals surface area contributed by atoms with Crippen molar-refractivity contribution in [3.63, 3.8) is 0 Å². The van der Waals surface area contributed by atoms with Gasteiger partial charge in [0.05, 0.1) is 5.75 Å². The Morgan fingerprint density at radius 1 is 1.33 bits per heavy atom. The molecule has 1 aromatic rings. The van der Waals surface area contributed by atoms with Gasteiger partial charge in [0, 0.05) is 23.4 Å². The molecule has 0 saturated carbocycles. The van der Waals surface area contributed by atoms with E-state index >= 15 is 0 Å². The van der Waals surface area contributed by atoms with Crippen molar-refractivity contribution in [2.45, 2.75) is 24.2 Å². The van der Waals surface area contributed by atoms with Crippen LogP contribution in [0.5, 0.6) is 0 Å². The number of carbonyl (C=O) groups is 2. The number of aromatic carboxylic acids is 1. The average molecular weight is 285 g/mol. The molecule has 4 nitrogen and oxygen atoms in total. The van der Waals surface area contributed by atoms with E-state index in [9.17, 15) is 9.59 Å². The van der Waals surface area contributed by atoms with E-state index in [2.05, 4.69) is 0 Å². The van der Waals surface area contributed by atoms with Gasteiger partial charge in [0.2, 0.25) is 5.91 Å². The zero-order chi connectivity index (χ0) is 13.0. The van der Waals surface area contributed by atoms with Crippen LogP contribution in [0.25, 0.3) is 0 Å². The van der Waals surface area contributed by atoms with E-state index in [1.54, 1.807) is 11.4 Å². The lowest BCUT2D eigenvalue weighted by Gasteiger charge is -2.26. The predicted octanol–water partition coefficient (Wildman–Crippen LogP) is 2.55. The first-order valence-corrected chi connectivity index (χ1v) is 7.76. The van der Waals surface area contributed by atoms with Crippen LogP contribution in [-0.2, 0) is 4.79 Å². The molecule has 1 fully saturated rings. The summed E-state index contributed by atoms with van der Waals surface area (Å²) in [7, 11) is 0. The molecular weight excluding hydrogens is 270 g/mol. The summed E-state index contributed by atoms with van der Waals surface area (Å²) >= 11 is 2.62. The molecule has 0 bridgehead atoms. The molecule has 0 unspecified atom stereocenters. The summed E-state index contributed by atoms with van der Waals surface area (Å²) in [6.45, 7) is 1.73. The first-order chi connectivity index (χ1) is 8.66. The number of likely N-dealkylation sites (tertiary alicyclic amines) is 1. The number of carbonyl (C=O) groups excluding carboxylic acids is 1. The van der Waals surface area contributed by atoms with Crippen LogP contribution >= 0.6 is 23.1 Å². The molecule has 2 rings (SSSR count). The standard InChI is InChI=1S/C12H15NO3S2/c14-11(13-4-2-1-3-5-13)8-17-9-6-10(12(15)16)18-7-9/h6-7H,1-5,8H2,(H,15,16). The minimum atomic E-state index is -0.908. The fourth-order valence-electron chi connectivity index (χ4n) is 1.89. The molecule has 1 saturated heterocycles. The van der Waals surface area contributed by atoms with Crippen LogP contribution in [-0.4, -0.2) is 40.7 Å². The van der Waals surface area contributed by atoms with Crippen LogP contribution < -0.4 is 0 Å². The highest BCUT2D eigenvalue weighted by molar-refractivity contribution is 8.00. The zero-order valence-electron chi connectivity index (χ0n) is 9.92. The second-order valence-electron chi connectivity index (χ2n) is 4.18. The van der Waals surface area contributed by atoms with Crippen LogP contribution in [0.1, 0.15) is 28.9 Å². The minimum Gasteiger partial charge on any atom is -0.477 e. The normalized spacial score (nSPS) is 15.7. The maximum Gasteiger partial charge on any atom is 0.345 e. The molecular formula is C12H15NO3S2. The number of hydrogen-bond acceptors (Lipinski definition) is 4. The van der Waals surface area contributed by atoms with Crippen molar-refractivity contribution in [1.82, 2.24) is 4.90 Å². The van der Waals surface area contributed by atoms with Gasteiger partial charge < -0.3 is 10.0 Å². The molecule has 2 heterocycles. The van der Waals surface area contributed by atoms with Crippen molar-refractivity contribution in [1.29, 1.82) is 0 Å². The molecule has 0 radical (unpaired) electrons. The van der Waals surface area contributed by atoms with Gasteiger partial charge in [-0.3, -0.25) is 4.79 Å².